The van der Waals surface area contributed by atoms with E-state index >= 15 is 0 Å². The molecule has 1 aliphatic heterocycles. The molecular weight excluding hydrogens is 242 g/mol. The Balaban J connectivity index is 1.65. The monoisotopic (exact) mass is 265 g/mol. The lowest BCUT2D eigenvalue weighted by Gasteiger charge is -2.11. The van der Waals surface area contributed by atoms with Crippen molar-refractivity contribution < 1.29 is 4.74 Å². The molecule has 0 saturated heterocycles. The lowest BCUT2D eigenvalue weighted by molar-refractivity contribution is 0.227. The molecule has 0 bridgehead atoms. The summed E-state index contributed by atoms with van der Waals surface area (Å²) in [5.74, 6) is 2.35. The number of benzene rings is 1. The zero-order chi connectivity index (χ0) is 12.8. The van der Waals surface area contributed by atoms with Gasteiger partial charge in [0.2, 0.25) is 0 Å². The van der Waals surface area contributed by atoms with Crippen LogP contribution in [0.1, 0.15) is 24.0 Å². The first kappa shape index (κ1) is 13.8. The minimum absolute atomic E-state index is 0.322. The molecule has 100 valence electrons. The zero-order valence-corrected chi connectivity index (χ0v) is 12.2. The summed E-state index contributed by atoms with van der Waals surface area (Å²) >= 11 is 1.93. The van der Waals surface area contributed by atoms with Crippen molar-refractivity contribution in [3.63, 3.8) is 0 Å². The van der Waals surface area contributed by atoms with Gasteiger partial charge in [0.25, 0.3) is 0 Å². The normalized spacial score (nSPS) is 17.6. The molecule has 0 spiro atoms. The van der Waals surface area contributed by atoms with Crippen LogP contribution in [0.4, 0.5) is 0 Å². The Labute approximate surface area is 114 Å². The molecule has 1 aliphatic rings. The van der Waals surface area contributed by atoms with E-state index in [2.05, 4.69) is 36.7 Å². The molecule has 0 aromatic heterocycles. The number of ether oxygens (including phenoxy) is 1. The summed E-state index contributed by atoms with van der Waals surface area (Å²) in [5.41, 5.74) is 2.69. The quantitative estimate of drug-likeness (QED) is 0.766. The largest absolute Gasteiger partial charge is 0.488 e. The molecule has 1 N–H and O–H groups in total. The summed E-state index contributed by atoms with van der Waals surface area (Å²) in [6.07, 6.45) is 6.11. The molecule has 1 heterocycles. The van der Waals surface area contributed by atoms with E-state index in [0.717, 1.165) is 25.3 Å². The standard InChI is InChI=1S/C15H23NOS/c1-12-5-6-15-13(9-12)10-14(17-15)11-16-7-3-4-8-18-2/h5-6,9,14,16H,3-4,7-8,10-11H2,1-2H3. The number of unbranched alkanes of at least 4 members (excludes halogenated alkanes) is 1. The summed E-state index contributed by atoms with van der Waals surface area (Å²) in [6.45, 7) is 4.21. The Hall–Kier alpha value is -0.670. The topological polar surface area (TPSA) is 21.3 Å². The van der Waals surface area contributed by atoms with E-state index in [4.69, 9.17) is 4.74 Å². The van der Waals surface area contributed by atoms with Gasteiger partial charge < -0.3 is 10.1 Å². The zero-order valence-electron chi connectivity index (χ0n) is 11.4. The van der Waals surface area contributed by atoms with Crippen LogP contribution < -0.4 is 10.1 Å². The molecule has 0 amide bonds. The lowest BCUT2D eigenvalue weighted by atomic mass is 10.1. The molecule has 0 saturated carbocycles. The van der Waals surface area contributed by atoms with Crippen molar-refractivity contribution >= 4 is 11.8 Å². The molecule has 1 aromatic rings. The number of thioether (sulfide) groups is 1. The van der Waals surface area contributed by atoms with Crippen molar-refractivity contribution in [2.24, 2.45) is 0 Å². The third kappa shape index (κ3) is 3.92. The predicted octanol–water partition coefficient (Wildman–Crippen LogP) is 3.03. The number of aryl methyl sites for hydroxylation is 1. The second-order valence-electron chi connectivity index (χ2n) is 4.96. The van der Waals surface area contributed by atoms with Gasteiger partial charge in [-0.25, -0.2) is 0 Å². The summed E-state index contributed by atoms with van der Waals surface area (Å²) < 4.78 is 5.92. The van der Waals surface area contributed by atoms with Crippen molar-refractivity contribution in [1.82, 2.24) is 5.32 Å². The number of hydrogen-bond donors (Lipinski definition) is 1. The van der Waals surface area contributed by atoms with Crippen LogP contribution in [0.2, 0.25) is 0 Å². The molecule has 0 radical (unpaired) electrons. The van der Waals surface area contributed by atoms with Crippen molar-refractivity contribution in [2.75, 3.05) is 25.1 Å². The first-order chi connectivity index (χ1) is 8.79. The van der Waals surface area contributed by atoms with E-state index in [0.29, 0.717) is 6.10 Å². The molecule has 1 aromatic carbocycles. The Morgan fingerprint density at radius 2 is 2.28 bits per heavy atom. The summed E-state index contributed by atoms with van der Waals surface area (Å²) in [5, 5.41) is 3.50. The fraction of sp³-hybridized carbons (Fsp3) is 0.600. The van der Waals surface area contributed by atoms with Crippen LogP contribution in [0.25, 0.3) is 0 Å². The average Bonchev–Trinajstić information content (AvgIpc) is 2.75. The minimum Gasteiger partial charge on any atom is -0.488 e. The maximum absolute atomic E-state index is 5.92. The fourth-order valence-electron chi connectivity index (χ4n) is 2.32. The van der Waals surface area contributed by atoms with Gasteiger partial charge >= 0.3 is 0 Å². The first-order valence-corrected chi connectivity index (χ1v) is 8.15. The van der Waals surface area contributed by atoms with Crippen molar-refractivity contribution in [3.05, 3.63) is 29.3 Å². The van der Waals surface area contributed by atoms with E-state index in [1.165, 1.54) is 29.7 Å². The number of fused-ring (bicyclic) bond motifs is 1. The Kier molecular flexibility index (Phi) is 5.39. The highest BCUT2D eigenvalue weighted by Gasteiger charge is 2.21. The minimum atomic E-state index is 0.322. The highest BCUT2D eigenvalue weighted by molar-refractivity contribution is 7.98. The maximum atomic E-state index is 5.92. The molecular formula is C15H23NOS. The van der Waals surface area contributed by atoms with Crippen LogP contribution in [0.5, 0.6) is 5.75 Å². The molecule has 0 aliphatic carbocycles. The molecule has 0 fully saturated rings. The predicted molar refractivity (Wildman–Crippen MR) is 79.8 cm³/mol. The Morgan fingerprint density at radius 1 is 1.39 bits per heavy atom. The number of rotatable bonds is 7. The van der Waals surface area contributed by atoms with E-state index in [9.17, 15) is 0 Å². The number of nitrogens with one attached hydrogen (secondary N) is 1. The lowest BCUT2D eigenvalue weighted by Crippen LogP contribution is -2.30. The summed E-state index contributed by atoms with van der Waals surface area (Å²) in [7, 11) is 0. The van der Waals surface area contributed by atoms with Gasteiger partial charge in [0, 0.05) is 13.0 Å². The molecule has 2 rings (SSSR count). The van der Waals surface area contributed by atoms with Gasteiger partial charge in [-0.15, -0.1) is 0 Å². The maximum Gasteiger partial charge on any atom is 0.123 e. The van der Waals surface area contributed by atoms with Gasteiger partial charge in [-0.3, -0.25) is 0 Å². The Morgan fingerprint density at radius 3 is 3.11 bits per heavy atom. The van der Waals surface area contributed by atoms with Crippen molar-refractivity contribution in [3.8, 4) is 5.75 Å². The van der Waals surface area contributed by atoms with Gasteiger partial charge in [-0.1, -0.05) is 17.7 Å². The SMILES string of the molecule is CSCCCCNCC1Cc2cc(C)ccc2O1. The van der Waals surface area contributed by atoms with Crippen LogP contribution >= 0.6 is 11.8 Å². The van der Waals surface area contributed by atoms with Crippen LogP contribution in [-0.4, -0.2) is 31.2 Å². The Bertz CT molecular complexity index is 381. The van der Waals surface area contributed by atoms with Crippen LogP contribution in [-0.2, 0) is 6.42 Å². The van der Waals surface area contributed by atoms with E-state index in [1.54, 1.807) is 0 Å². The average molecular weight is 265 g/mol. The first-order valence-electron chi connectivity index (χ1n) is 6.75. The molecule has 18 heavy (non-hydrogen) atoms. The van der Waals surface area contributed by atoms with Crippen LogP contribution in [0, 0.1) is 6.92 Å². The highest BCUT2D eigenvalue weighted by atomic mass is 32.2. The van der Waals surface area contributed by atoms with Gasteiger partial charge in [0.15, 0.2) is 0 Å². The highest BCUT2D eigenvalue weighted by Crippen LogP contribution is 2.29. The third-order valence-electron chi connectivity index (χ3n) is 3.28. The van der Waals surface area contributed by atoms with Crippen LogP contribution in [0.3, 0.4) is 0 Å². The van der Waals surface area contributed by atoms with Gasteiger partial charge in [0.1, 0.15) is 11.9 Å². The summed E-state index contributed by atoms with van der Waals surface area (Å²) in [6, 6.07) is 6.47. The van der Waals surface area contributed by atoms with E-state index < -0.39 is 0 Å². The van der Waals surface area contributed by atoms with Gasteiger partial charge in [-0.2, -0.15) is 11.8 Å². The van der Waals surface area contributed by atoms with Gasteiger partial charge in [0.05, 0.1) is 0 Å². The second-order valence-corrected chi connectivity index (χ2v) is 5.94. The summed E-state index contributed by atoms with van der Waals surface area (Å²) in [4.78, 5) is 0. The smallest absolute Gasteiger partial charge is 0.123 e. The van der Waals surface area contributed by atoms with Crippen molar-refractivity contribution in [2.45, 2.75) is 32.3 Å². The molecule has 3 heteroatoms. The van der Waals surface area contributed by atoms with Crippen LogP contribution in [0.15, 0.2) is 18.2 Å². The van der Waals surface area contributed by atoms with E-state index in [1.807, 2.05) is 11.8 Å². The van der Waals surface area contributed by atoms with E-state index in [-0.39, 0.29) is 0 Å². The molecule has 1 atom stereocenters. The molecule has 2 nitrogen and oxygen atoms in total. The fourth-order valence-corrected chi connectivity index (χ4v) is 2.82. The van der Waals surface area contributed by atoms with Crippen molar-refractivity contribution in [1.29, 1.82) is 0 Å². The van der Waals surface area contributed by atoms with Gasteiger partial charge in [-0.05, 0) is 49.9 Å². The third-order valence-corrected chi connectivity index (χ3v) is 3.98. The second kappa shape index (κ2) is 7.05. The number of hydrogen-bond acceptors (Lipinski definition) is 3. The molecule has 1 unspecified atom stereocenters.